The summed E-state index contributed by atoms with van der Waals surface area (Å²) in [7, 11) is 0. The molecule has 0 radical (unpaired) electrons. The fourth-order valence-electron chi connectivity index (χ4n) is 1.28. The van der Waals surface area contributed by atoms with Gasteiger partial charge in [-0.1, -0.05) is 7.43 Å². The average Bonchev–Trinajstić information content (AvgIpc) is 2.40. The average molecular weight is 166 g/mol. The van der Waals surface area contributed by atoms with E-state index in [2.05, 4.69) is 20.2 Å². The van der Waals surface area contributed by atoms with Crippen LogP contribution in [0.3, 0.4) is 0 Å². The van der Waals surface area contributed by atoms with Crippen molar-refractivity contribution in [2.75, 3.05) is 13.1 Å². The zero-order chi connectivity index (χ0) is 8.85. The molecule has 0 unspecified atom stereocenters. The van der Waals surface area contributed by atoms with Gasteiger partial charge in [0.25, 0.3) is 1.45 Å². The Morgan fingerprint density at radius 1 is 1.64 bits per heavy atom. The first-order valence-corrected chi connectivity index (χ1v) is 3.70. The first kappa shape index (κ1) is 10.8. The number of likely N-dealkylation sites (tertiary alicyclic amines) is 1. The number of hydrogen-bond acceptors (Lipinski definition) is 2. The number of nitrogens with two attached hydrogens (primary N) is 1. The van der Waals surface area contributed by atoms with Crippen molar-refractivity contribution >= 4 is 0 Å². The predicted molar refractivity (Wildman–Crippen MR) is 48.5 cm³/mol. The van der Waals surface area contributed by atoms with Crippen molar-refractivity contribution in [2.45, 2.75) is 39.8 Å². The predicted octanol–water partition coefficient (Wildman–Crippen LogP) is 1.22. The molecule has 0 aromatic rings. The van der Waals surface area contributed by atoms with Crippen LogP contribution in [0, 0.1) is 0 Å². The van der Waals surface area contributed by atoms with Crippen molar-refractivity contribution < 1.29 is 4.72 Å². The van der Waals surface area contributed by atoms with Gasteiger partial charge in [-0.25, -0.2) is 0 Å². The molecule has 3 heteroatoms. The third-order valence-corrected chi connectivity index (χ3v) is 1.99. The van der Waals surface area contributed by atoms with Crippen LogP contribution >= 0.6 is 0 Å². The van der Waals surface area contributed by atoms with Crippen LogP contribution in [0.1, 0.15) is 27.7 Å². The molecule has 0 amide bonds. The van der Waals surface area contributed by atoms with E-state index in [0.29, 0.717) is 12.1 Å². The van der Waals surface area contributed by atoms with Crippen LogP contribution in [0.2, 0.25) is 0 Å². The van der Waals surface area contributed by atoms with Crippen molar-refractivity contribution in [3.63, 3.8) is 0 Å². The van der Waals surface area contributed by atoms with E-state index in [1.807, 2.05) is 0 Å². The maximum absolute atomic E-state index is 8.75. The molecule has 11 heavy (non-hydrogen) atoms. The second-order valence-corrected chi connectivity index (χ2v) is 3.14. The molecule has 0 bridgehead atoms. The first-order valence-electron chi connectivity index (χ1n) is 4.07. The summed E-state index contributed by atoms with van der Waals surface area (Å²) in [6.07, 6.45) is 1.18. The minimum absolute atomic E-state index is 0. The molecule has 2 N–H and O–H groups in total. The van der Waals surface area contributed by atoms with Gasteiger partial charge in [0.05, 0.1) is 0 Å². The zero-order valence-electron chi connectivity index (χ0n) is 7.68. The van der Waals surface area contributed by atoms with E-state index in [9.17, 15) is 0 Å². The Morgan fingerprint density at radius 2 is 2.18 bits per heavy atom. The topological polar surface area (TPSA) is 29.3 Å². The van der Waals surface area contributed by atoms with Gasteiger partial charge in [-0.15, -0.1) is 0 Å². The van der Waals surface area contributed by atoms with Gasteiger partial charge in [0.15, 0.2) is 0 Å². The highest BCUT2D eigenvalue weighted by atomic mass is 19.0. The summed E-state index contributed by atoms with van der Waals surface area (Å²) in [4.78, 5) is 2.42. The highest BCUT2D eigenvalue weighted by Crippen LogP contribution is 2.09. The number of rotatable bonds is 1. The van der Waals surface area contributed by atoms with Crippen LogP contribution in [0.4, 0.5) is 4.72 Å². The summed E-state index contributed by atoms with van der Waals surface area (Å²) in [5, 5.41) is 0. The highest BCUT2D eigenvalue weighted by molar-refractivity contribution is 4.79. The molecule has 70 valence electrons. The molecule has 1 rings (SSSR count). The minimum atomic E-state index is 0. The number of halogens is 1. The molecule has 0 spiro atoms. The Balaban J connectivity index is 0. The molecule has 0 aliphatic carbocycles. The molecule has 1 fully saturated rings. The summed E-state index contributed by atoms with van der Waals surface area (Å²) in [6.45, 7) is 6.73. The normalized spacial score (nSPS) is 25.2. The monoisotopic (exact) mass is 166 g/mol. The van der Waals surface area contributed by atoms with Gasteiger partial charge in [-0.2, -0.15) is 0 Å². The van der Waals surface area contributed by atoms with Crippen molar-refractivity contribution in [1.82, 2.24) is 4.90 Å². The van der Waals surface area contributed by atoms with Gasteiger partial charge in [0.2, 0.25) is 0 Å². The van der Waals surface area contributed by atoms with Crippen LogP contribution in [-0.4, -0.2) is 31.5 Å². The molecule has 1 heterocycles. The van der Waals surface area contributed by atoms with E-state index < -0.39 is 0 Å². The van der Waals surface area contributed by atoms with E-state index in [-0.39, 0.29) is 7.43 Å². The summed E-state index contributed by atoms with van der Waals surface area (Å²) < 4.78 is 13.0. The Bertz CT molecular complexity index is 101. The lowest BCUT2D eigenvalue weighted by atomic mass is 10.3. The van der Waals surface area contributed by atoms with Crippen LogP contribution in [0.25, 0.3) is 0 Å². The molecule has 0 saturated carbocycles. The van der Waals surface area contributed by atoms with Gasteiger partial charge in [0, 0.05) is 18.6 Å². The van der Waals surface area contributed by atoms with E-state index in [0.717, 1.165) is 6.54 Å². The lowest BCUT2D eigenvalue weighted by molar-refractivity contribution is 0.272. The Kier molecular flexibility index (Phi) is 5.42. The second-order valence-electron chi connectivity index (χ2n) is 3.14. The maximum atomic E-state index is 8.75. The smallest absolute Gasteiger partial charge is 0.269 e. The summed E-state index contributed by atoms with van der Waals surface area (Å²) >= 11 is 0. The molecule has 1 saturated heterocycles. The van der Waals surface area contributed by atoms with E-state index in [4.69, 9.17) is 10.5 Å². The van der Waals surface area contributed by atoms with Crippen molar-refractivity contribution in [1.29, 1.82) is 1.45 Å². The molecule has 1 atom stereocenters. The molecule has 0 aromatic heterocycles. The van der Waals surface area contributed by atoms with Crippen LogP contribution in [-0.2, 0) is 0 Å². The van der Waals surface area contributed by atoms with E-state index in [1.165, 1.54) is 13.0 Å². The lowest BCUT2D eigenvalue weighted by Gasteiger charge is -2.19. The summed E-state index contributed by atoms with van der Waals surface area (Å²) in [5.74, 6) is 0. The SMILES string of the molecule is C.CC(C)N1CC[C@H](N)C1.[3H]F. The molecule has 0 aromatic carbocycles. The fourth-order valence-corrected chi connectivity index (χ4v) is 1.28. The fraction of sp³-hybridized carbons (Fsp3) is 1.00. The Morgan fingerprint density at radius 3 is 2.36 bits per heavy atom. The Labute approximate surface area is 70.6 Å². The van der Waals surface area contributed by atoms with Crippen molar-refractivity contribution in [3.05, 3.63) is 0 Å². The van der Waals surface area contributed by atoms with Crippen LogP contribution in [0.15, 0.2) is 0 Å². The lowest BCUT2D eigenvalue weighted by Crippen LogP contribution is -2.31. The van der Waals surface area contributed by atoms with Gasteiger partial charge in [-0.3, -0.25) is 9.62 Å². The molecule has 1 aliphatic heterocycles. The third kappa shape index (κ3) is 3.68. The quantitative estimate of drug-likeness (QED) is 0.634. The van der Waals surface area contributed by atoms with Gasteiger partial charge in [0.1, 0.15) is 0 Å². The van der Waals surface area contributed by atoms with Crippen molar-refractivity contribution in [2.24, 2.45) is 5.73 Å². The molecular formula is C8H21FN2. The third-order valence-electron chi connectivity index (χ3n) is 1.99. The standard InChI is InChI=1S/C7H16N2.CH4.FH/c1-6(2)9-4-3-7(8)5-9;;/h6-7H,3-5,8H2,1-2H3;1H4;1H/t7-;;/m0../s1/i/hT. The van der Waals surface area contributed by atoms with Gasteiger partial charge >= 0.3 is 0 Å². The molecule has 1 aliphatic rings. The van der Waals surface area contributed by atoms with Gasteiger partial charge in [-0.05, 0) is 26.8 Å². The number of nitrogens with zero attached hydrogens (tertiary/aromatic N) is 1. The largest absolute Gasteiger partial charge is 0.326 e. The highest BCUT2D eigenvalue weighted by Gasteiger charge is 2.20. The van der Waals surface area contributed by atoms with E-state index >= 15 is 0 Å². The van der Waals surface area contributed by atoms with Crippen molar-refractivity contribution in [3.8, 4) is 0 Å². The van der Waals surface area contributed by atoms with Crippen LogP contribution in [0.5, 0.6) is 0 Å². The second kappa shape index (κ2) is 5.49. The zero-order valence-corrected chi connectivity index (χ0v) is 6.68. The summed E-state index contributed by atoms with van der Waals surface area (Å²) in [6, 6.07) is 1.12. The summed E-state index contributed by atoms with van der Waals surface area (Å²) in [5.41, 5.74) is 5.72. The molecular weight excluding hydrogens is 143 g/mol. The molecule has 2 nitrogen and oxygen atoms in total. The minimum Gasteiger partial charge on any atom is -0.326 e. The van der Waals surface area contributed by atoms with Crippen LogP contribution < -0.4 is 5.73 Å². The van der Waals surface area contributed by atoms with Gasteiger partial charge < -0.3 is 5.73 Å². The Hall–Kier alpha value is -0.150. The van der Waals surface area contributed by atoms with E-state index in [1.54, 1.807) is 0 Å². The maximum Gasteiger partial charge on any atom is 0.269 e. The number of hydrogen-bond donors (Lipinski definition) is 1. The first-order chi connectivity index (χ1) is 5.20.